The van der Waals surface area contributed by atoms with Crippen molar-refractivity contribution in [1.82, 2.24) is 5.32 Å². The number of aryl methyl sites for hydroxylation is 1. The molecule has 3 rings (SSSR count). The van der Waals surface area contributed by atoms with Crippen LogP contribution in [-0.2, 0) is 17.6 Å². The molecule has 1 fully saturated rings. The zero-order chi connectivity index (χ0) is 22.2. The molecule has 31 heavy (non-hydrogen) atoms. The highest BCUT2D eigenvalue weighted by Crippen LogP contribution is 2.36. The first kappa shape index (κ1) is 22.4. The summed E-state index contributed by atoms with van der Waals surface area (Å²) >= 11 is 1.44. The Kier molecular flexibility index (Phi) is 7.69. The van der Waals surface area contributed by atoms with Crippen molar-refractivity contribution < 1.29 is 14.3 Å². The number of thioether (sulfide) groups is 1. The van der Waals surface area contributed by atoms with Crippen molar-refractivity contribution in [3.8, 4) is 23.8 Å². The number of allylic oxidation sites excluding steroid dienone is 1. The second kappa shape index (κ2) is 10.6. The Labute approximate surface area is 187 Å². The van der Waals surface area contributed by atoms with Gasteiger partial charge >= 0.3 is 0 Å². The number of carbonyl (C=O) groups excluding carboxylic acids is 1. The average Bonchev–Trinajstić information content (AvgIpc) is 3.11. The van der Waals surface area contributed by atoms with Crippen LogP contribution in [0.2, 0.25) is 0 Å². The van der Waals surface area contributed by atoms with E-state index >= 15 is 0 Å². The van der Waals surface area contributed by atoms with E-state index in [-0.39, 0.29) is 18.0 Å². The Hall–Kier alpha value is -3.30. The minimum Gasteiger partial charge on any atom is -0.493 e. The van der Waals surface area contributed by atoms with Gasteiger partial charge in [0.1, 0.15) is 6.61 Å². The number of methoxy groups -OCH3 is 1. The maximum atomic E-state index is 12.5. The lowest BCUT2D eigenvalue weighted by molar-refractivity contribution is -0.116. The molecule has 0 bridgehead atoms. The number of nitrogens with one attached hydrogen (secondary N) is 2. The van der Waals surface area contributed by atoms with Crippen LogP contribution in [0.1, 0.15) is 23.6 Å². The molecule has 2 aromatic rings. The first-order valence-electron chi connectivity index (χ1n) is 10.0. The van der Waals surface area contributed by atoms with E-state index in [1.54, 1.807) is 13.2 Å². The Morgan fingerprint density at radius 1 is 1.32 bits per heavy atom. The number of amides is 1. The zero-order valence-corrected chi connectivity index (χ0v) is 18.6. The summed E-state index contributed by atoms with van der Waals surface area (Å²) in [6.07, 6.45) is 10.5. The molecule has 0 aliphatic carbocycles. The number of ether oxygens (including phenoxy) is 2. The molecule has 2 aromatic carbocycles. The molecule has 0 unspecified atom stereocenters. The van der Waals surface area contributed by atoms with Crippen molar-refractivity contribution in [3.05, 3.63) is 70.6 Å². The number of hydrogen-bond donors (Lipinski definition) is 2. The second-order valence-corrected chi connectivity index (χ2v) is 8.02. The summed E-state index contributed by atoms with van der Waals surface area (Å²) in [7, 11) is 1.58. The molecule has 1 amide bonds. The minimum atomic E-state index is -0.237. The van der Waals surface area contributed by atoms with Gasteiger partial charge in [0.05, 0.1) is 12.0 Å². The van der Waals surface area contributed by atoms with Gasteiger partial charge in [-0.25, -0.2) is 0 Å². The van der Waals surface area contributed by atoms with E-state index in [1.165, 1.54) is 17.3 Å². The standard InChI is InChI=1S/C25H26N2O3S/c1-5-8-19-14-18(15-21(29-4)23(19)30-13-6-2)16-22-24(28)27-25(31-22)26-20-11-9-17(7-3)10-12-20/h2,5,9-12,14-16,25-26H,1,7-8,13H2,3-4H3,(H,27,28)/b22-16-/t25-/m1/s1. The van der Waals surface area contributed by atoms with Gasteiger partial charge < -0.3 is 20.1 Å². The van der Waals surface area contributed by atoms with Gasteiger partial charge in [-0.1, -0.05) is 42.8 Å². The number of hydrogen-bond acceptors (Lipinski definition) is 5. The van der Waals surface area contributed by atoms with Gasteiger partial charge in [0.15, 0.2) is 17.0 Å². The average molecular weight is 435 g/mol. The van der Waals surface area contributed by atoms with Crippen LogP contribution in [0.5, 0.6) is 11.5 Å². The van der Waals surface area contributed by atoms with Crippen LogP contribution in [0.25, 0.3) is 6.08 Å². The lowest BCUT2D eigenvalue weighted by Crippen LogP contribution is -2.30. The monoisotopic (exact) mass is 434 g/mol. The molecular weight excluding hydrogens is 408 g/mol. The van der Waals surface area contributed by atoms with Gasteiger partial charge in [0.2, 0.25) is 0 Å². The first-order chi connectivity index (χ1) is 15.1. The third-order valence-corrected chi connectivity index (χ3v) is 5.76. The molecule has 1 saturated heterocycles. The molecule has 160 valence electrons. The van der Waals surface area contributed by atoms with Crippen LogP contribution in [0.15, 0.2) is 54.0 Å². The fourth-order valence-electron chi connectivity index (χ4n) is 3.21. The third kappa shape index (κ3) is 5.65. The first-order valence-corrected chi connectivity index (χ1v) is 10.9. The molecule has 2 N–H and O–H groups in total. The normalized spacial score (nSPS) is 16.5. The van der Waals surface area contributed by atoms with Crippen molar-refractivity contribution in [2.24, 2.45) is 0 Å². The summed E-state index contributed by atoms with van der Waals surface area (Å²) < 4.78 is 11.2. The Bertz CT molecular complexity index is 1020. The molecular formula is C25H26N2O3S. The Balaban J connectivity index is 1.81. The molecule has 5 nitrogen and oxygen atoms in total. The fourth-order valence-corrected chi connectivity index (χ4v) is 4.19. The molecule has 6 heteroatoms. The summed E-state index contributed by atoms with van der Waals surface area (Å²) in [4.78, 5) is 13.1. The van der Waals surface area contributed by atoms with Crippen LogP contribution in [0.4, 0.5) is 5.69 Å². The quantitative estimate of drug-likeness (QED) is 0.343. The molecule has 1 atom stereocenters. The molecule has 0 radical (unpaired) electrons. The topological polar surface area (TPSA) is 59.6 Å². The number of anilines is 1. The van der Waals surface area contributed by atoms with E-state index in [0.29, 0.717) is 22.8 Å². The van der Waals surface area contributed by atoms with E-state index in [2.05, 4.69) is 42.2 Å². The van der Waals surface area contributed by atoms with Gasteiger partial charge in [-0.3, -0.25) is 4.79 Å². The van der Waals surface area contributed by atoms with Crippen LogP contribution >= 0.6 is 11.8 Å². The van der Waals surface area contributed by atoms with Gasteiger partial charge in [0, 0.05) is 11.3 Å². The maximum absolute atomic E-state index is 12.5. The van der Waals surface area contributed by atoms with Gasteiger partial charge in [-0.05, 0) is 54.3 Å². The zero-order valence-electron chi connectivity index (χ0n) is 17.7. The minimum absolute atomic E-state index is 0.121. The van der Waals surface area contributed by atoms with Crippen molar-refractivity contribution in [1.29, 1.82) is 0 Å². The van der Waals surface area contributed by atoms with Crippen molar-refractivity contribution in [2.75, 3.05) is 19.0 Å². The van der Waals surface area contributed by atoms with Crippen molar-refractivity contribution >= 4 is 29.4 Å². The fraction of sp³-hybridized carbons (Fsp3) is 0.240. The molecule has 1 aliphatic rings. The van der Waals surface area contributed by atoms with Crippen molar-refractivity contribution in [3.63, 3.8) is 0 Å². The second-order valence-electron chi connectivity index (χ2n) is 6.87. The highest BCUT2D eigenvalue weighted by molar-refractivity contribution is 8.05. The maximum Gasteiger partial charge on any atom is 0.260 e. The summed E-state index contributed by atoms with van der Waals surface area (Å²) in [5, 5.41) is 6.30. The van der Waals surface area contributed by atoms with Gasteiger partial charge in [-0.2, -0.15) is 0 Å². The lowest BCUT2D eigenvalue weighted by atomic mass is 10.0. The molecule has 0 aromatic heterocycles. The predicted molar refractivity (Wildman–Crippen MR) is 128 cm³/mol. The highest BCUT2D eigenvalue weighted by Gasteiger charge is 2.27. The van der Waals surface area contributed by atoms with E-state index in [9.17, 15) is 4.79 Å². The number of terminal acetylenes is 1. The predicted octanol–water partition coefficient (Wildman–Crippen LogP) is 4.60. The van der Waals surface area contributed by atoms with E-state index in [1.807, 2.05) is 30.3 Å². The smallest absolute Gasteiger partial charge is 0.260 e. The number of rotatable bonds is 9. The SMILES string of the molecule is C#CCOc1c(CC=C)cc(/C=C2\S[C@H](Nc3ccc(CC)cc3)NC2=O)cc1OC. The third-order valence-electron chi connectivity index (χ3n) is 4.73. The Morgan fingerprint density at radius 2 is 2.10 bits per heavy atom. The van der Waals surface area contributed by atoms with Gasteiger partial charge in [-0.15, -0.1) is 13.0 Å². The van der Waals surface area contributed by atoms with Gasteiger partial charge in [0.25, 0.3) is 5.91 Å². The lowest BCUT2D eigenvalue weighted by Gasteiger charge is -2.14. The van der Waals surface area contributed by atoms with Crippen molar-refractivity contribution in [2.45, 2.75) is 25.3 Å². The number of benzene rings is 2. The van der Waals surface area contributed by atoms with Crippen LogP contribution in [0.3, 0.4) is 0 Å². The molecule has 0 saturated carbocycles. The molecule has 1 heterocycles. The van der Waals surface area contributed by atoms with Crippen LogP contribution in [-0.4, -0.2) is 25.1 Å². The summed E-state index contributed by atoms with van der Waals surface area (Å²) in [5.74, 6) is 3.51. The van der Waals surface area contributed by atoms with Crippen LogP contribution in [0, 0.1) is 12.3 Å². The van der Waals surface area contributed by atoms with Crippen LogP contribution < -0.4 is 20.1 Å². The summed E-state index contributed by atoms with van der Waals surface area (Å²) in [5.41, 5.74) is 3.73. The highest BCUT2D eigenvalue weighted by atomic mass is 32.2. The van der Waals surface area contributed by atoms with E-state index < -0.39 is 0 Å². The molecule has 0 spiro atoms. The summed E-state index contributed by atoms with van der Waals surface area (Å²) in [6, 6.07) is 12.0. The summed E-state index contributed by atoms with van der Waals surface area (Å²) in [6.45, 7) is 6.08. The molecule has 1 aliphatic heterocycles. The largest absolute Gasteiger partial charge is 0.493 e. The van der Waals surface area contributed by atoms with E-state index in [0.717, 1.165) is 23.2 Å². The Morgan fingerprint density at radius 3 is 2.74 bits per heavy atom. The van der Waals surface area contributed by atoms with E-state index in [4.69, 9.17) is 15.9 Å². The number of carbonyl (C=O) groups is 1.